The number of hydrogen-bond acceptors (Lipinski definition) is 8. The molecule has 0 spiro atoms. The number of nitrogens with zero attached hydrogens (tertiary/aromatic N) is 4. The van der Waals surface area contributed by atoms with Crippen molar-refractivity contribution >= 4 is 21.8 Å². The van der Waals surface area contributed by atoms with Gasteiger partial charge in [-0.1, -0.05) is 24.3 Å². The van der Waals surface area contributed by atoms with Crippen molar-refractivity contribution in [1.29, 1.82) is 0 Å². The number of amidine groups is 1. The summed E-state index contributed by atoms with van der Waals surface area (Å²) >= 11 is 0. The molecule has 2 heterocycles. The number of aromatic nitrogens is 1. The molecule has 10 nitrogen and oxygen atoms in total. The van der Waals surface area contributed by atoms with Crippen LogP contribution in [0.1, 0.15) is 38.6 Å². The third-order valence-corrected chi connectivity index (χ3v) is 8.56. The molecule has 11 heteroatoms. The fourth-order valence-corrected chi connectivity index (χ4v) is 5.89. The van der Waals surface area contributed by atoms with Gasteiger partial charge in [-0.2, -0.15) is 4.31 Å². The Labute approximate surface area is 223 Å². The highest BCUT2D eigenvalue weighted by Crippen LogP contribution is 2.28. The van der Waals surface area contributed by atoms with Gasteiger partial charge in [-0.25, -0.2) is 13.4 Å². The second-order valence-corrected chi connectivity index (χ2v) is 11.3. The fraction of sp³-hybridized carbons (Fsp3) is 0.370. The first kappa shape index (κ1) is 27.3. The summed E-state index contributed by atoms with van der Waals surface area (Å²) in [4.78, 5) is 23.4. The van der Waals surface area contributed by atoms with E-state index in [-0.39, 0.29) is 28.9 Å². The van der Waals surface area contributed by atoms with Crippen molar-refractivity contribution in [2.45, 2.75) is 31.7 Å². The van der Waals surface area contributed by atoms with Gasteiger partial charge in [0.25, 0.3) is 5.91 Å². The highest BCUT2D eigenvalue weighted by atomic mass is 32.2. The lowest BCUT2D eigenvalue weighted by Crippen LogP contribution is -2.29. The molecule has 0 aliphatic carbocycles. The molecule has 1 N–H and O–H groups in total. The largest absolute Gasteiger partial charge is 0.497 e. The van der Waals surface area contributed by atoms with Gasteiger partial charge in [0.2, 0.25) is 15.9 Å². The Bertz CT molecular complexity index is 1420. The molecular weight excluding hydrogens is 506 g/mol. The van der Waals surface area contributed by atoms with E-state index in [4.69, 9.17) is 9.15 Å². The molecule has 0 bridgehead atoms. The van der Waals surface area contributed by atoms with E-state index in [1.165, 1.54) is 20.4 Å². The number of benzene rings is 2. The lowest BCUT2D eigenvalue weighted by Gasteiger charge is -2.19. The molecule has 3 aromatic rings. The van der Waals surface area contributed by atoms with Crippen LogP contribution in [0.15, 0.2) is 57.0 Å². The van der Waals surface area contributed by atoms with Gasteiger partial charge >= 0.3 is 0 Å². The van der Waals surface area contributed by atoms with Gasteiger partial charge in [0.15, 0.2) is 5.69 Å². The molecule has 1 amide bonds. The normalized spacial score (nSPS) is 13.4. The predicted octanol–water partition coefficient (Wildman–Crippen LogP) is 2.79. The summed E-state index contributed by atoms with van der Waals surface area (Å²) in [5.41, 5.74) is 3.44. The SMILES string of the molecule is COc1cc(C)c(S(=O)(=O)N(C)Cc2nc(C(=O)N(C)CCc3ccc(C4=NCCN4)cc3)co2)c(C)c1. The van der Waals surface area contributed by atoms with Gasteiger partial charge in [0, 0.05) is 32.7 Å². The molecule has 0 saturated carbocycles. The molecule has 2 aromatic carbocycles. The molecule has 1 aliphatic heterocycles. The van der Waals surface area contributed by atoms with Gasteiger partial charge in [-0.05, 0) is 49.1 Å². The van der Waals surface area contributed by atoms with Gasteiger partial charge in [0.1, 0.15) is 17.8 Å². The third-order valence-electron chi connectivity index (χ3n) is 6.45. The minimum atomic E-state index is -3.83. The molecule has 38 heavy (non-hydrogen) atoms. The van der Waals surface area contributed by atoms with E-state index in [1.807, 2.05) is 24.3 Å². The summed E-state index contributed by atoms with van der Waals surface area (Å²) in [6.07, 6.45) is 1.94. The number of hydrogen-bond donors (Lipinski definition) is 1. The van der Waals surface area contributed by atoms with Crippen molar-refractivity contribution in [2.24, 2.45) is 4.99 Å². The smallest absolute Gasteiger partial charge is 0.275 e. The number of rotatable bonds is 10. The zero-order valence-electron chi connectivity index (χ0n) is 22.3. The molecule has 0 radical (unpaired) electrons. The van der Waals surface area contributed by atoms with Crippen molar-refractivity contribution in [3.63, 3.8) is 0 Å². The maximum atomic E-state index is 13.3. The quantitative estimate of drug-likeness (QED) is 0.421. The first-order valence-corrected chi connectivity index (χ1v) is 13.7. The van der Waals surface area contributed by atoms with Crippen molar-refractivity contribution in [3.8, 4) is 5.75 Å². The summed E-state index contributed by atoms with van der Waals surface area (Å²) in [6.45, 7) is 5.48. The Balaban J connectivity index is 1.36. The van der Waals surface area contributed by atoms with Crippen molar-refractivity contribution in [3.05, 3.63) is 76.5 Å². The molecule has 0 fully saturated rings. The summed E-state index contributed by atoms with van der Waals surface area (Å²) in [5, 5.41) is 3.26. The van der Waals surface area contributed by atoms with Crippen LogP contribution < -0.4 is 10.1 Å². The molecule has 0 saturated heterocycles. The van der Waals surface area contributed by atoms with E-state index in [9.17, 15) is 13.2 Å². The number of sulfonamides is 1. The van der Waals surface area contributed by atoms with E-state index >= 15 is 0 Å². The molecular formula is C27H33N5O5S. The lowest BCUT2D eigenvalue weighted by atomic mass is 10.1. The molecule has 1 aliphatic rings. The van der Waals surface area contributed by atoms with E-state index in [0.717, 1.165) is 34.4 Å². The van der Waals surface area contributed by atoms with Gasteiger partial charge < -0.3 is 19.4 Å². The Hall–Kier alpha value is -3.70. The third kappa shape index (κ3) is 5.89. The van der Waals surface area contributed by atoms with Crippen LogP contribution in [0.25, 0.3) is 0 Å². The van der Waals surface area contributed by atoms with Crippen LogP contribution in [0.2, 0.25) is 0 Å². The number of amides is 1. The highest BCUT2D eigenvalue weighted by molar-refractivity contribution is 7.89. The molecule has 4 rings (SSSR count). The van der Waals surface area contributed by atoms with Gasteiger partial charge in [-0.15, -0.1) is 0 Å². The van der Waals surface area contributed by atoms with Crippen LogP contribution in [0, 0.1) is 13.8 Å². The summed E-state index contributed by atoms with van der Waals surface area (Å²) in [5.74, 6) is 1.34. The molecule has 0 atom stereocenters. The van der Waals surface area contributed by atoms with Crippen LogP contribution in [-0.2, 0) is 23.0 Å². The van der Waals surface area contributed by atoms with E-state index < -0.39 is 10.0 Å². The van der Waals surface area contributed by atoms with Crippen LogP contribution in [0.4, 0.5) is 0 Å². The minimum absolute atomic E-state index is 0.114. The average Bonchev–Trinajstić information content (AvgIpc) is 3.59. The standard InChI is InChI=1S/C27H33N5O5S/c1-18-14-22(36-5)15-19(2)25(18)38(34,35)32(4)16-24-30-23(17-37-24)27(33)31(3)13-10-20-6-8-21(9-7-20)26-28-11-12-29-26/h6-9,14-15,17H,10-13,16H2,1-5H3,(H,28,29). The van der Waals surface area contributed by atoms with Crippen LogP contribution in [0.5, 0.6) is 5.75 Å². The van der Waals surface area contributed by atoms with Crippen LogP contribution >= 0.6 is 0 Å². The Morgan fingerprint density at radius 3 is 2.42 bits per heavy atom. The minimum Gasteiger partial charge on any atom is -0.497 e. The van der Waals surface area contributed by atoms with E-state index in [1.54, 1.807) is 37.9 Å². The second kappa shape index (κ2) is 11.4. The van der Waals surface area contributed by atoms with Crippen LogP contribution in [0.3, 0.4) is 0 Å². The van der Waals surface area contributed by atoms with E-state index in [2.05, 4.69) is 15.3 Å². The second-order valence-electron chi connectivity index (χ2n) is 9.31. The van der Waals surface area contributed by atoms with E-state index in [0.29, 0.717) is 29.8 Å². The number of ether oxygens (including phenoxy) is 1. The lowest BCUT2D eigenvalue weighted by molar-refractivity contribution is 0.0790. The van der Waals surface area contributed by atoms with Crippen molar-refractivity contribution < 1.29 is 22.4 Å². The number of oxazole rings is 1. The molecule has 202 valence electrons. The number of methoxy groups -OCH3 is 1. The van der Waals surface area contributed by atoms with Crippen LogP contribution in [-0.4, -0.2) is 75.2 Å². The fourth-order valence-electron chi connectivity index (χ4n) is 4.36. The maximum absolute atomic E-state index is 13.3. The zero-order valence-corrected chi connectivity index (χ0v) is 23.1. The summed E-state index contributed by atoms with van der Waals surface area (Å²) in [6, 6.07) is 11.5. The number of likely N-dealkylation sites (N-methyl/N-ethyl adjacent to an activating group) is 1. The summed E-state index contributed by atoms with van der Waals surface area (Å²) in [7, 11) is 0.867. The van der Waals surface area contributed by atoms with Gasteiger partial charge in [-0.3, -0.25) is 9.79 Å². The molecule has 0 unspecified atom stereocenters. The summed E-state index contributed by atoms with van der Waals surface area (Å²) < 4.78 is 38.4. The monoisotopic (exact) mass is 539 g/mol. The maximum Gasteiger partial charge on any atom is 0.275 e. The number of carbonyl (C=O) groups excluding carboxylic acids is 1. The Kier molecular flexibility index (Phi) is 8.17. The van der Waals surface area contributed by atoms with Crippen molar-refractivity contribution in [1.82, 2.24) is 19.5 Å². The van der Waals surface area contributed by atoms with Crippen molar-refractivity contribution in [2.75, 3.05) is 40.8 Å². The topological polar surface area (TPSA) is 117 Å². The van der Waals surface area contributed by atoms with Gasteiger partial charge in [0.05, 0.1) is 25.1 Å². The average molecular weight is 540 g/mol. The number of carbonyl (C=O) groups is 1. The number of aryl methyl sites for hydroxylation is 2. The number of nitrogens with one attached hydrogen (secondary N) is 1. The molecule has 1 aromatic heterocycles. The first-order chi connectivity index (χ1) is 18.1. The Morgan fingerprint density at radius 2 is 1.82 bits per heavy atom. The Morgan fingerprint density at radius 1 is 1.13 bits per heavy atom. The zero-order chi connectivity index (χ0) is 27.4. The first-order valence-electron chi connectivity index (χ1n) is 12.3. The predicted molar refractivity (Wildman–Crippen MR) is 144 cm³/mol. The number of aliphatic imine (C=N–C) groups is 1. The highest BCUT2D eigenvalue weighted by Gasteiger charge is 2.27.